The van der Waals surface area contributed by atoms with Gasteiger partial charge in [-0.1, -0.05) is 13.8 Å². The van der Waals surface area contributed by atoms with Crippen molar-refractivity contribution in [1.29, 1.82) is 0 Å². The Kier molecular flexibility index (Phi) is 9.54. The van der Waals surface area contributed by atoms with E-state index in [2.05, 4.69) is 15.0 Å². The SMILES string of the molecule is CC(C)[C@H](N)C(=O)OCC(CO)OCn1cnc2c(=O)[nH]c(N)nc21.O=C(O)C(F)(F)F. The third-order valence-electron chi connectivity index (χ3n) is 3.79. The fourth-order valence-corrected chi connectivity index (χ4v) is 1.95. The predicted octanol–water partition coefficient (Wildman–Crippen LogP) is -0.803. The number of imidazole rings is 1. The summed E-state index contributed by atoms with van der Waals surface area (Å²) in [5.74, 6) is -3.43. The number of hydrogen-bond donors (Lipinski definition) is 5. The molecular weight excluding hydrogens is 445 g/mol. The molecule has 2 rings (SSSR count). The van der Waals surface area contributed by atoms with E-state index in [-0.39, 0.29) is 43.0 Å². The highest BCUT2D eigenvalue weighted by atomic mass is 19.4. The molecule has 0 saturated carbocycles. The molecule has 0 aromatic carbocycles. The third-order valence-corrected chi connectivity index (χ3v) is 3.79. The van der Waals surface area contributed by atoms with E-state index in [1.807, 2.05) is 0 Å². The van der Waals surface area contributed by atoms with Crippen LogP contribution in [-0.4, -0.2) is 73.2 Å². The van der Waals surface area contributed by atoms with Crippen molar-refractivity contribution in [3.8, 4) is 0 Å². The zero-order valence-electron chi connectivity index (χ0n) is 17.0. The summed E-state index contributed by atoms with van der Waals surface area (Å²) in [5.41, 5.74) is 11.1. The quantitative estimate of drug-likeness (QED) is 0.303. The Morgan fingerprint density at radius 1 is 1.34 bits per heavy atom. The van der Waals surface area contributed by atoms with Crippen molar-refractivity contribution in [3.05, 3.63) is 16.7 Å². The van der Waals surface area contributed by atoms with Gasteiger partial charge in [-0.3, -0.25) is 19.1 Å². The van der Waals surface area contributed by atoms with Crippen molar-refractivity contribution in [3.63, 3.8) is 0 Å². The maximum Gasteiger partial charge on any atom is 0.490 e. The number of carboxylic acids is 1. The second-order valence-corrected chi connectivity index (χ2v) is 6.64. The number of carbonyl (C=O) groups excluding carboxylic acids is 1. The number of H-pyrrole nitrogens is 1. The molecule has 0 spiro atoms. The molecule has 180 valence electrons. The lowest BCUT2D eigenvalue weighted by molar-refractivity contribution is -0.192. The van der Waals surface area contributed by atoms with Crippen LogP contribution in [0.5, 0.6) is 0 Å². The number of nitrogens with two attached hydrogens (primary N) is 2. The molecule has 0 aliphatic rings. The number of aromatic amines is 1. The van der Waals surface area contributed by atoms with Crippen LogP contribution in [-0.2, 0) is 25.8 Å². The van der Waals surface area contributed by atoms with Crippen molar-refractivity contribution >= 4 is 29.1 Å². The van der Waals surface area contributed by atoms with Gasteiger partial charge >= 0.3 is 18.1 Å². The summed E-state index contributed by atoms with van der Waals surface area (Å²) in [6, 6.07) is -0.740. The monoisotopic (exact) mass is 468 g/mol. The molecule has 0 fully saturated rings. The number of ether oxygens (including phenoxy) is 2. The van der Waals surface area contributed by atoms with Gasteiger partial charge in [-0.05, 0) is 5.92 Å². The molecule has 13 nitrogen and oxygen atoms in total. The summed E-state index contributed by atoms with van der Waals surface area (Å²) in [6.07, 6.45) is -4.48. The number of halogens is 3. The van der Waals surface area contributed by atoms with Crippen LogP contribution in [0.2, 0.25) is 0 Å². The normalized spacial score (nSPS) is 13.4. The summed E-state index contributed by atoms with van der Waals surface area (Å²) in [4.78, 5) is 42.6. The summed E-state index contributed by atoms with van der Waals surface area (Å²) in [5, 5.41) is 16.5. The van der Waals surface area contributed by atoms with E-state index >= 15 is 0 Å². The number of nitrogen functional groups attached to an aromatic ring is 1. The van der Waals surface area contributed by atoms with E-state index in [1.165, 1.54) is 10.9 Å². The number of esters is 1. The average molecular weight is 468 g/mol. The smallest absolute Gasteiger partial charge is 0.475 e. The lowest BCUT2D eigenvalue weighted by atomic mass is 10.1. The van der Waals surface area contributed by atoms with Crippen LogP contribution in [0, 0.1) is 5.92 Å². The van der Waals surface area contributed by atoms with Crippen molar-refractivity contribution in [2.45, 2.75) is 38.9 Å². The van der Waals surface area contributed by atoms with Gasteiger partial charge in [0.1, 0.15) is 25.5 Å². The van der Waals surface area contributed by atoms with Crippen molar-refractivity contribution < 1.29 is 42.4 Å². The Morgan fingerprint density at radius 3 is 2.44 bits per heavy atom. The number of nitrogens with one attached hydrogen (secondary N) is 1. The molecule has 1 unspecified atom stereocenters. The van der Waals surface area contributed by atoms with Crippen LogP contribution in [0.1, 0.15) is 13.8 Å². The Morgan fingerprint density at radius 2 is 1.94 bits per heavy atom. The van der Waals surface area contributed by atoms with Crippen LogP contribution in [0.3, 0.4) is 0 Å². The number of hydrogen-bond acceptors (Lipinski definition) is 10. The molecule has 2 aromatic heterocycles. The molecule has 32 heavy (non-hydrogen) atoms. The Hall–Kier alpha value is -3.24. The molecule has 0 aliphatic heterocycles. The first-order valence-corrected chi connectivity index (χ1v) is 8.93. The van der Waals surface area contributed by atoms with E-state index in [9.17, 15) is 27.9 Å². The fourth-order valence-electron chi connectivity index (χ4n) is 1.95. The first-order valence-electron chi connectivity index (χ1n) is 8.93. The minimum absolute atomic E-state index is 0.0467. The first kappa shape index (κ1) is 26.8. The molecule has 0 aliphatic carbocycles. The lowest BCUT2D eigenvalue weighted by Crippen LogP contribution is -2.39. The summed E-state index contributed by atoms with van der Waals surface area (Å²) < 4.78 is 43.7. The number of carbonyl (C=O) groups is 2. The molecule has 2 heterocycles. The number of fused-ring (bicyclic) bond motifs is 1. The fraction of sp³-hybridized carbons (Fsp3) is 0.562. The third kappa shape index (κ3) is 7.78. The second kappa shape index (κ2) is 11.4. The molecule has 0 amide bonds. The number of aliphatic hydroxyl groups excluding tert-OH is 1. The van der Waals surface area contributed by atoms with E-state index in [0.717, 1.165) is 0 Å². The Bertz CT molecular complexity index is 975. The standard InChI is InChI=1S/C14H22N6O5.C2HF3O2/c1-7(2)9(15)13(23)24-4-8(3-21)25-6-20-5-17-10-11(20)18-14(16)19-12(10)22;3-2(4,5)1(6)7/h5,7-9,21H,3-4,6,15H2,1-2H3,(H3,16,18,19,22);(H,6,7)/t8?,9-;/m0./s1. The highest BCUT2D eigenvalue weighted by molar-refractivity contribution is 5.75. The zero-order chi connectivity index (χ0) is 24.6. The van der Waals surface area contributed by atoms with Crippen molar-refractivity contribution in [1.82, 2.24) is 19.5 Å². The number of carboxylic acid groups (broad SMARTS) is 1. The van der Waals surface area contributed by atoms with Crippen LogP contribution < -0.4 is 17.0 Å². The van der Waals surface area contributed by atoms with Gasteiger partial charge in [0.2, 0.25) is 5.95 Å². The minimum atomic E-state index is -5.08. The van der Waals surface area contributed by atoms with Crippen LogP contribution in [0.25, 0.3) is 11.2 Å². The number of aliphatic hydroxyl groups is 1. The Labute approximate surface area is 178 Å². The molecular formula is C16H23F3N6O7. The van der Waals surface area contributed by atoms with Gasteiger partial charge in [0.25, 0.3) is 5.56 Å². The van der Waals surface area contributed by atoms with E-state index in [4.69, 9.17) is 30.8 Å². The van der Waals surface area contributed by atoms with Crippen LogP contribution >= 0.6 is 0 Å². The molecule has 0 saturated heterocycles. The largest absolute Gasteiger partial charge is 0.490 e. The van der Waals surface area contributed by atoms with Gasteiger partial charge in [0.15, 0.2) is 11.2 Å². The number of aliphatic carboxylic acids is 1. The van der Waals surface area contributed by atoms with Gasteiger partial charge < -0.3 is 31.2 Å². The highest BCUT2D eigenvalue weighted by Gasteiger charge is 2.38. The highest BCUT2D eigenvalue weighted by Crippen LogP contribution is 2.13. The number of aromatic nitrogens is 4. The Balaban J connectivity index is 0.000000633. The van der Waals surface area contributed by atoms with Crippen LogP contribution in [0.4, 0.5) is 19.1 Å². The number of anilines is 1. The second-order valence-electron chi connectivity index (χ2n) is 6.64. The summed E-state index contributed by atoms with van der Waals surface area (Å²) in [7, 11) is 0. The maximum absolute atomic E-state index is 11.7. The van der Waals surface area contributed by atoms with E-state index < -0.39 is 35.8 Å². The molecule has 0 bridgehead atoms. The van der Waals surface area contributed by atoms with E-state index in [0.29, 0.717) is 0 Å². The number of alkyl halides is 3. The average Bonchev–Trinajstić information content (AvgIpc) is 3.10. The van der Waals surface area contributed by atoms with Gasteiger partial charge in [-0.2, -0.15) is 18.2 Å². The number of nitrogens with zero attached hydrogens (tertiary/aromatic N) is 3. The van der Waals surface area contributed by atoms with E-state index in [1.54, 1.807) is 13.8 Å². The maximum atomic E-state index is 11.7. The summed E-state index contributed by atoms with van der Waals surface area (Å²) >= 11 is 0. The van der Waals surface area contributed by atoms with Crippen molar-refractivity contribution in [2.24, 2.45) is 11.7 Å². The predicted molar refractivity (Wildman–Crippen MR) is 102 cm³/mol. The number of rotatable bonds is 8. The van der Waals surface area contributed by atoms with Crippen molar-refractivity contribution in [2.75, 3.05) is 18.9 Å². The van der Waals surface area contributed by atoms with Gasteiger partial charge in [-0.15, -0.1) is 0 Å². The molecule has 2 aromatic rings. The topological polar surface area (TPSA) is 209 Å². The molecule has 0 radical (unpaired) electrons. The molecule has 2 atom stereocenters. The minimum Gasteiger partial charge on any atom is -0.475 e. The first-order chi connectivity index (χ1) is 14.8. The lowest BCUT2D eigenvalue weighted by Gasteiger charge is -2.19. The summed E-state index contributed by atoms with van der Waals surface area (Å²) in [6.45, 7) is 3.02. The van der Waals surface area contributed by atoms with Gasteiger partial charge in [-0.25, -0.2) is 9.78 Å². The van der Waals surface area contributed by atoms with Gasteiger partial charge in [0.05, 0.1) is 12.9 Å². The van der Waals surface area contributed by atoms with Crippen LogP contribution in [0.15, 0.2) is 11.1 Å². The molecule has 16 heteroatoms. The molecule has 7 N–H and O–H groups in total. The van der Waals surface area contributed by atoms with Gasteiger partial charge in [0, 0.05) is 0 Å². The zero-order valence-corrected chi connectivity index (χ0v) is 17.0.